The lowest BCUT2D eigenvalue weighted by Gasteiger charge is -2.22. The molecule has 0 amide bonds. The fourth-order valence-electron chi connectivity index (χ4n) is 1.97. The third-order valence-corrected chi connectivity index (χ3v) is 2.88. The van der Waals surface area contributed by atoms with Crippen LogP contribution in [0.1, 0.15) is 18.4 Å². The van der Waals surface area contributed by atoms with Crippen LogP contribution >= 0.6 is 0 Å². The first kappa shape index (κ1) is 9.74. The van der Waals surface area contributed by atoms with Gasteiger partial charge in [0.05, 0.1) is 0 Å². The van der Waals surface area contributed by atoms with Crippen LogP contribution in [0.5, 0.6) is 0 Å². The van der Waals surface area contributed by atoms with Gasteiger partial charge in [-0.15, -0.1) is 0 Å². The zero-order valence-corrected chi connectivity index (χ0v) is 8.55. The minimum absolute atomic E-state index is 0.871. The molecule has 0 unspecified atom stereocenters. The molecule has 1 aromatic rings. The van der Waals surface area contributed by atoms with Crippen molar-refractivity contribution >= 4 is 0 Å². The van der Waals surface area contributed by atoms with Crippen LogP contribution in [0.2, 0.25) is 0 Å². The van der Waals surface area contributed by atoms with Crippen molar-refractivity contribution in [2.75, 3.05) is 19.6 Å². The largest absolute Gasteiger partial charge is 0.367 e. The van der Waals surface area contributed by atoms with Gasteiger partial charge in [-0.2, -0.15) is 0 Å². The molecule has 1 saturated heterocycles. The summed E-state index contributed by atoms with van der Waals surface area (Å²) in [5, 5.41) is 6.90. The van der Waals surface area contributed by atoms with Gasteiger partial charge in [-0.25, -0.2) is 0 Å². The summed E-state index contributed by atoms with van der Waals surface area (Å²) < 4.78 is 0. The van der Waals surface area contributed by atoms with Crippen LogP contribution < -0.4 is 10.6 Å². The summed E-state index contributed by atoms with van der Waals surface area (Å²) in [5.74, 6) is 0.871. The topological polar surface area (TPSA) is 39.8 Å². The Balaban J connectivity index is 1.62. The smallest absolute Gasteiger partial charge is 0.0220 e. The van der Waals surface area contributed by atoms with Crippen molar-refractivity contribution in [3.8, 4) is 0 Å². The monoisotopic (exact) mass is 193 g/mol. The fourth-order valence-corrected chi connectivity index (χ4v) is 1.97. The molecule has 1 aliphatic rings. The Morgan fingerprint density at radius 2 is 2.21 bits per heavy atom. The highest BCUT2D eigenvalue weighted by molar-refractivity contribution is 5.07. The van der Waals surface area contributed by atoms with Crippen LogP contribution in [0.3, 0.4) is 0 Å². The van der Waals surface area contributed by atoms with Gasteiger partial charge in [0.1, 0.15) is 0 Å². The maximum absolute atomic E-state index is 3.51. The molecule has 0 radical (unpaired) electrons. The Morgan fingerprint density at radius 3 is 2.93 bits per heavy atom. The molecule has 0 atom stereocenters. The van der Waals surface area contributed by atoms with Crippen LogP contribution in [0.4, 0.5) is 0 Å². The van der Waals surface area contributed by atoms with Gasteiger partial charge in [0.15, 0.2) is 0 Å². The fraction of sp³-hybridized carbons (Fsp3) is 0.636. The van der Waals surface area contributed by atoms with Crippen LogP contribution in [0.25, 0.3) is 0 Å². The molecule has 3 N–H and O–H groups in total. The number of hydrogen-bond acceptors (Lipinski definition) is 2. The van der Waals surface area contributed by atoms with Crippen molar-refractivity contribution in [3.05, 3.63) is 24.0 Å². The van der Waals surface area contributed by atoms with Gasteiger partial charge in [-0.1, -0.05) is 0 Å². The maximum Gasteiger partial charge on any atom is 0.0220 e. The average Bonchev–Trinajstić information content (AvgIpc) is 2.72. The van der Waals surface area contributed by atoms with Crippen molar-refractivity contribution in [1.82, 2.24) is 15.6 Å². The first-order chi connectivity index (χ1) is 6.95. The molecule has 3 heteroatoms. The van der Waals surface area contributed by atoms with Crippen molar-refractivity contribution < 1.29 is 0 Å². The minimum Gasteiger partial charge on any atom is -0.367 e. The summed E-state index contributed by atoms with van der Waals surface area (Å²) in [6.07, 6.45) is 6.66. The van der Waals surface area contributed by atoms with Gasteiger partial charge in [0.25, 0.3) is 0 Å². The van der Waals surface area contributed by atoms with E-state index < -0.39 is 0 Å². The molecule has 14 heavy (non-hydrogen) atoms. The average molecular weight is 193 g/mol. The van der Waals surface area contributed by atoms with Crippen molar-refractivity contribution in [2.24, 2.45) is 5.92 Å². The predicted molar refractivity (Wildman–Crippen MR) is 58.1 cm³/mol. The second-order valence-corrected chi connectivity index (χ2v) is 4.04. The number of rotatable bonds is 4. The highest BCUT2D eigenvalue weighted by Crippen LogP contribution is 2.10. The van der Waals surface area contributed by atoms with Gasteiger partial charge >= 0.3 is 0 Å². The Labute approximate surface area is 85.3 Å². The molecule has 1 aliphatic heterocycles. The van der Waals surface area contributed by atoms with Gasteiger partial charge < -0.3 is 15.6 Å². The summed E-state index contributed by atoms with van der Waals surface area (Å²) in [4.78, 5) is 3.07. The number of H-pyrrole nitrogens is 1. The molecule has 0 saturated carbocycles. The molecule has 0 bridgehead atoms. The lowest BCUT2D eigenvalue weighted by molar-refractivity contribution is 0.356. The van der Waals surface area contributed by atoms with E-state index in [0.29, 0.717) is 0 Å². The number of aromatic nitrogens is 1. The molecule has 78 valence electrons. The van der Waals surface area contributed by atoms with E-state index >= 15 is 0 Å². The summed E-state index contributed by atoms with van der Waals surface area (Å²) in [7, 11) is 0. The van der Waals surface area contributed by atoms with Crippen LogP contribution in [-0.2, 0) is 6.54 Å². The van der Waals surface area contributed by atoms with Crippen molar-refractivity contribution in [3.63, 3.8) is 0 Å². The molecule has 1 aromatic heterocycles. The quantitative estimate of drug-likeness (QED) is 0.670. The second-order valence-electron chi connectivity index (χ2n) is 4.04. The second kappa shape index (κ2) is 5.17. The molecule has 0 aliphatic carbocycles. The number of piperidine rings is 1. The van der Waals surface area contributed by atoms with Gasteiger partial charge in [-0.05, 0) is 50.0 Å². The zero-order chi connectivity index (χ0) is 9.64. The van der Waals surface area contributed by atoms with E-state index in [9.17, 15) is 0 Å². The van der Waals surface area contributed by atoms with Crippen LogP contribution in [0.15, 0.2) is 18.5 Å². The summed E-state index contributed by atoms with van der Waals surface area (Å²) in [6, 6.07) is 2.12. The standard InChI is InChI=1S/C11H19N3/c1-4-12-5-2-10(1)7-14-9-11-3-6-13-8-11/h3,6,8,10,12-14H,1-2,4-5,7,9H2. The molecule has 1 fully saturated rings. The van der Waals surface area contributed by atoms with E-state index in [0.717, 1.165) is 19.0 Å². The number of hydrogen-bond donors (Lipinski definition) is 3. The minimum atomic E-state index is 0.871. The lowest BCUT2D eigenvalue weighted by Crippen LogP contribution is -2.33. The number of aromatic amines is 1. The molecule has 0 spiro atoms. The van der Waals surface area contributed by atoms with E-state index in [1.165, 1.54) is 31.5 Å². The normalized spacial score (nSPS) is 18.6. The van der Waals surface area contributed by atoms with Crippen LogP contribution in [0, 0.1) is 5.92 Å². The van der Waals surface area contributed by atoms with E-state index in [2.05, 4.69) is 27.9 Å². The van der Waals surface area contributed by atoms with E-state index in [4.69, 9.17) is 0 Å². The first-order valence-electron chi connectivity index (χ1n) is 5.48. The Hall–Kier alpha value is -0.800. The van der Waals surface area contributed by atoms with E-state index in [-0.39, 0.29) is 0 Å². The van der Waals surface area contributed by atoms with Gasteiger partial charge in [-0.3, -0.25) is 0 Å². The Morgan fingerprint density at radius 1 is 1.36 bits per heavy atom. The molecular weight excluding hydrogens is 174 g/mol. The third kappa shape index (κ3) is 2.86. The van der Waals surface area contributed by atoms with Gasteiger partial charge in [0.2, 0.25) is 0 Å². The molecule has 0 aromatic carbocycles. The lowest BCUT2D eigenvalue weighted by atomic mass is 9.98. The Kier molecular flexibility index (Phi) is 3.60. The Bertz CT molecular complexity index is 237. The molecule has 2 rings (SSSR count). The third-order valence-electron chi connectivity index (χ3n) is 2.88. The highest BCUT2D eigenvalue weighted by Gasteiger charge is 2.11. The van der Waals surface area contributed by atoms with Crippen LogP contribution in [-0.4, -0.2) is 24.6 Å². The number of nitrogens with one attached hydrogen (secondary N) is 3. The maximum atomic E-state index is 3.51. The van der Waals surface area contributed by atoms with Gasteiger partial charge in [0, 0.05) is 18.9 Å². The first-order valence-corrected chi connectivity index (χ1v) is 5.48. The van der Waals surface area contributed by atoms with E-state index in [1.54, 1.807) is 0 Å². The summed E-state index contributed by atoms with van der Waals surface area (Å²) in [5.41, 5.74) is 1.35. The molecule has 3 nitrogen and oxygen atoms in total. The molecular formula is C11H19N3. The highest BCUT2D eigenvalue weighted by atomic mass is 14.9. The SMILES string of the molecule is c1cc(CNCC2CCNCC2)c[nH]1. The zero-order valence-electron chi connectivity index (χ0n) is 8.55. The van der Waals surface area contributed by atoms with Crippen molar-refractivity contribution in [1.29, 1.82) is 0 Å². The predicted octanol–water partition coefficient (Wildman–Crippen LogP) is 1.10. The summed E-state index contributed by atoms with van der Waals surface area (Å²) >= 11 is 0. The summed E-state index contributed by atoms with van der Waals surface area (Å²) in [6.45, 7) is 4.54. The van der Waals surface area contributed by atoms with E-state index in [1.807, 2.05) is 6.20 Å². The van der Waals surface area contributed by atoms with Crippen molar-refractivity contribution in [2.45, 2.75) is 19.4 Å². The molecule has 2 heterocycles.